The Hall–Kier alpha value is -0.0800. The minimum atomic E-state index is 0.675. The van der Waals surface area contributed by atoms with Gasteiger partial charge >= 0.3 is 0 Å². The average Bonchev–Trinajstić information content (AvgIpc) is 2.26. The Kier molecular flexibility index (Phi) is 11.3. The number of nitrogens with zero attached hydrogens (tertiary/aromatic N) is 1. The highest BCUT2D eigenvalue weighted by atomic mass is 15.1. The summed E-state index contributed by atoms with van der Waals surface area (Å²) in [6, 6.07) is 0.675. The van der Waals surface area contributed by atoms with Gasteiger partial charge in [-0.1, -0.05) is 32.6 Å². The molecule has 0 amide bonds. The summed E-state index contributed by atoms with van der Waals surface area (Å²) in [5.74, 6) is 0. The standard InChI is InChI=1S/C14H32N2/c1-5-6-7-8-9-11-15-12-10-13-16(4)14(2)3/h14-15H,5-13H2,1-4H3. The van der Waals surface area contributed by atoms with E-state index in [4.69, 9.17) is 0 Å². The van der Waals surface area contributed by atoms with Crippen LogP contribution in [0.3, 0.4) is 0 Å². The Morgan fingerprint density at radius 3 is 2.19 bits per heavy atom. The summed E-state index contributed by atoms with van der Waals surface area (Å²) in [6.07, 6.45) is 8.17. The summed E-state index contributed by atoms with van der Waals surface area (Å²) in [6.45, 7) is 10.4. The Bertz CT molecular complexity index is 135. The molecule has 2 nitrogen and oxygen atoms in total. The van der Waals surface area contributed by atoms with Crippen molar-refractivity contribution in [1.29, 1.82) is 0 Å². The maximum Gasteiger partial charge on any atom is 0.00355 e. The molecule has 0 fully saturated rings. The van der Waals surface area contributed by atoms with E-state index in [1.54, 1.807) is 0 Å². The highest BCUT2D eigenvalue weighted by Gasteiger charge is 2.01. The summed E-state index contributed by atoms with van der Waals surface area (Å²) in [5, 5.41) is 3.53. The molecule has 0 saturated heterocycles. The monoisotopic (exact) mass is 228 g/mol. The Morgan fingerprint density at radius 1 is 0.938 bits per heavy atom. The fourth-order valence-electron chi connectivity index (χ4n) is 1.69. The first-order chi connectivity index (χ1) is 7.68. The van der Waals surface area contributed by atoms with Crippen LogP contribution in [-0.4, -0.2) is 37.6 Å². The maximum absolute atomic E-state index is 3.53. The second kappa shape index (κ2) is 11.4. The van der Waals surface area contributed by atoms with Gasteiger partial charge in [0.25, 0.3) is 0 Å². The topological polar surface area (TPSA) is 15.3 Å². The summed E-state index contributed by atoms with van der Waals surface area (Å²) in [7, 11) is 2.20. The van der Waals surface area contributed by atoms with Crippen LogP contribution in [0, 0.1) is 0 Å². The van der Waals surface area contributed by atoms with E-state index in [9.17, 15) is 0 Å². The predicted molar refractivity (Wildman–Crippen MR) is 74.0 cm³/mol. The van der Waals surface area contributed by atoms with E-state index in [1.165, 1.54) is 58.2 Å². The van der Waals surface area contributed by atoms with Crippen LogP contribution in [0.25, 0.3) is 0 Å². The van der Waals surface area contributed by atoms with Gasteiger partial charge in [-0.2, -0.15) is 0 Å². The zero-order chi connectivity index (χ0) is 12.2. The van der Waals surface area contributed by atoms with Gasteiger partial charge in [-0.25, -0.2) is 0 Å². The lowest BCUT2D eigenvalue weighted by molar-refractivity contribution is 0.269. The number of unbranched alkanes of at least 4 members (excludes halogenated alkanes) is 4. The van der Waals surface area contributed by atoms with Crippen molar-refractivity contribution in [2.45, 2.75) is 65.3 Å². The molecule has 0 aliphatic carbocycles. The first kappa shape index (κ1) is 15.9. The first-order valence-electron chi connectivity index (χ1n) is 7.09. The van der Waals surface area contributed by atoms with Crippen molar-refractivity contribution in [3.05, 3.63) is 0 Å². The van der Waals surface area contributed by atoms with Crippen LogP contribution in [0.4, 0.5) is 0 Å². The number of hydrogen-bond acceptors (Lipinski definition) is 2. The van der Waals surface area contributed by atoms with Gasteiger partial charge in [-0.3, -0.25) is 0 Å². The molecular weight excluding hydrogens is 196 g/mol. The van der Waals surface area contributed by atoms with Gasteiger partial charge in [-0.05, 0) is 53.4 Å². The summed E-state index contributed by atoms with van der Waals surface area (Å²) in [5.41, 5.74) is 0. The van der Waals surface area contributed by atoms with Crippen LogP contribution in [0.15, 0.2) is 0 Å². The van der Waals surface area contributed by atoms with Gasteiger partial charge in [0.1, 0.15) is 0 Å². The van der Waals surface area contributed by atoms with Crippen molar-refractivity contribution in [1.82, 2.24) is 10.2 Å². The SMILES string of the molecule is CCCCCCCNCCCN(C)C(C)C. The number of nitrogens with one attached hydrogen (secondary N) is 1. The molecule has 0 heterocycles. The fourth-order valence-corrected chi connectivity index (χ4v) is 1.69. The van der Waals surface area contributed by atoms with Crippen molar-refractivity contribution >= 4 is 0 Å². The van der Waals surface area contributed by atoms with Crippen LogP contribution >= 0.6 is 0 Å². The largest absolute Gasteiger partial charge is 0.317 e. The maximum atomic E-state index is 3.53. The van der Waals surface area contributed by atoms with E-state index in [-0.39, 0.29) is 0 Å². The lowest BCUT2D eigenvalue weighted by Crippen LogP contribution is -2.29. The number of rotatable bonds is 11. The molecule has 0 radical (unpaired) electrons. The predicted octanol–water partition coefficient (Wildman–Crippen LogP) is 3.28. The molecule has 0 rings (SSSR count). The third kappa shape index (κ3) is 10.4. The van der Waals surface area contributed by atoms with Crippen molar-refractivity contribution in [2.75, 3.05) is 26.7 Å². The third-order valence-electron chi connectivity index (χ3n) is 3.20. The van der Waals surface area contributed by atoms with Gasteiger partial charge in [-0.15, -0.1) is 0 Å². The Balaban J connectivity index is 3.04. The molecule has 98 valence electrons. The Labute approximate surface area is 103 Å². The second-order valence-electron chi connectivity index (χ2n) is 5.09. The smallest absolute Gasteiger partial charge is 0.00355 e. The van der Waals surface area contributed by atoms with Crippen molar-refractivity contribution in [2.24, 2.45) is 0 Å². The zero-order valence-corrected chi connectivity index (χ0v) is 11.9. The third-order valence-corrected chi connectivity index (χ3v) is 3.20. The van der Waals surface area contributed by atoms with Gasteiger partial charge in [0.2, 0.25) is 0 Å². The molecule has 0 bridgehead atoms. The number of hydrogen-bond donors (Lipinski definition) is 1. The molecule has 16 heavy (non-hydrogen) atoms. The summed E-state index contributed by atoms with van der Waals surface area (Å²) in [4.78, 5) is 2.41. The van der Waals surface area contributed by atoms with Gasteiger partial charge in [0.15, 0.2) is 0 Å². The molecular formula is C14H32N2. The van der Waals surface area contributed by atoms with Crippen LogP contribution in [0.1, 0.15) is 59.3 Å². The van der Waals surface area contributed by atoms with E-state index in [0.717, 1.165) is 0 Å². The van der Waals surface area contributed by atoms with E-state index >= 15 is 0 Å². The molecule has 0 aliphatic rings. The highest BCUT2D eigenvalue weighted by molar-refractivity contribution is 4.58. The van der Waals surface area contributed by atoms with Crippen LogP contribution in [-0.2, 0) is 0 Å². The molecule has 0 saturated carbocycles. The molecule has 0 aliphatic heterocycles. The van der Waals surface area contributed by atoms with Crippen LogP contribution in [0.2, 0.25) is 0 Å². The van der Waals surface area contributed by atoms with Crippen LogP contribution in [0.5, 0.6) is 0 Å². The lowest BCUT2D eigenvalue weighted by Gasteiger charge is -2.20. The molecule has 0 aromatic carbocycles. The van der Waals surface area contributed by atoms with E-state index in [2.05, 4.69) is 38.0 Å². The van der Waals surface area contributed by atoms with E-state index in [1.807, 2.05) is 0 Å². The molecule has 0 atom stereocenters. The van der Waals surface area contributed by atoms with Gasteiger partial charge in [0, 0.05) is 6.04 Å². The molecule has 0 aromatic heterocycles. The second-order valence-corrected chi connectivity index (χ2v) is 5.09. The minimum Gasteiger partial charge on any atom is -0.317 e. The molecule has 0 unspecified atom stereocenters. The van der Waals surface area contributed by atoms with Gasteiger partial charge < -0.3 is 10.2 Å². The summed E-state index contributed by atoms with van der Waals surface area (Å²) >= 11 is 0. The van der Waals surface area contributed by atoms with Crippen LogP contribution < -0.4 is 5.32 Å². The highest BCUT2D eigenvalue weighted by Crippen LogP contribution is 2.01. The molecule has 2 heteroatoms. The van der Waals surface area contributed by atoms with Crippen molar-refractivity contribution < 1.29 is 0 Å². The van der Waals surface area contributed by atoms with Crippen molar-refractivity contribution in [3.63, 3.8) is 0 Å². The summed E-state index contributed by atoms with van der Waals surface area (Å²) < 4.78 is 0. The average molecular weight is 228 g/mol. The zero-order valence-electron chi connectivity index (χ0n) is 11.9. The van der Waals surface area contributed by atoms with E-state index < -0.39 is 0 Å². The lowest BCUT2D eigenvalue weighted by atomic mass is 10.1. The minimum absolute atomic E-state index is 0.675. The molecule has 1 N–H and O–H groups in total. The molecule has 0 spiro atoms. The van der Waals surface area contributed by atoms with Gasteiger partial charge in [0.05, 0.1) is 0 Å². The Morgan fingerprint density at radius 2 is 1.56 bits per heavy atom. The normalized spacial score (nSPS) is 11.6. The van der Waals surface area contributed by atoms with E-state index in [0.29, 0.717) is 6.04 Å². The molecule has 0 aromatic rings. The first-order valence-corrected chi connectivity index (χ1v) is 7.09. The fraction of sp³-hybridized carbons (Fsp3) is 1.00. The van der Waals surface area contributed by atoms with Crippen molar-refractivity contribution in [3.8, 4) is 0 Å². The quantitative estimate of drug-likeness (QED) is 0.546.